The molecule has 3 heterocycles. The van der Waals surface area contributed by atoms with Crippen molar-refractivity contribution in [3.63, 3.8) is 0 Å². The molecule has 2 atom stereocenters. The first kappa shape index (κ1) is 30.7. The van der Waals surface area contributed by atoms with Crippen LogP contribution in [0.15, 0.2) is 59.5 Å². The Morgan fingerprint density at radius 3 is 2.12 bits per heavy atom. The highest BCUT2D eigenvalue weighted by molar-refractivity contribution is 7.90. The lowest BCUT2D eigenvalue weighted by atomic mass is 9.76. The molecule has 9 heteroatoms. The third-order valence-electron chi connectivity index (χ3n) is 10.7. The van der Waals surface area contributed by atoms with E-state index in [1.165, 1.54) is 11.8 Å². The number of likely N-dealkylation sites (tertiary alicyclic amines) is 3. The average molecular weight is 614 g/mol. The summed E-state index contributed by atoms with van der Waals surface area (Å²) < 4.78 is 51.1. The van der Waals surface area contributed by atoms with Crippen LogP contribution in [-0.2, 0) is 21.2 Å². The van der Waals surface area contributed by atoms with Crippen molar-refractivity contribution < 1.29 is 22.0 Å². The highest BCUT2D eigenvalue weighted by Gasteiger charge is 2.48. The van der Waals surface area contributed by atoms with Crippen LogP contribution in [0.5, 0.6) is 0 Å². The summed E-state index contributed by atoms with van der Waals surface area (Å²) in [6, 6.07) is 17.6. The second kappa shape index (κ2) is 12.2. The van der Waals surface area contributed by atoms with Gasteiger partial charge in [-0.05, 0) is 80.3 Å². The van der Waals surface area contributed by atoms with Gasteiger partial charge in [-0.15, -0.1) is 0 Å². The predicted octanol–water partition coefficient (Wildman–Crippen LogP) is 5.45. The van der Waals surface area contributed by atoms with Crippen LogP contribution in [-0.4, -0.2) is 87.0 Å². The molecule has 3 saturated heterocycles. The maximum absolute atomic E-state index is 13.7. The van der Waals surface area contributed by atoms with Crippen LogP contribution < -0.4 is 0 Å². The van der Waals surface area contributed by atoms with Crippen LogP contribution in [0.3, 0.4) is 0 Å². The monoisotopic (exact) mass is 613 g/mol. The smallest absolute Gasteiger partial charge is 0.248 e. The van der Waals surface area contributed by atoms with Crippen LogP contribution in [0.4, 0.5) is 8.78 Å². The zero-order valence-corrected chi connectivity index (χ0v) is 26.1. The van der Waals surface area contributed by atoms with Crippen LogP contribution in [0.2, 0.25) is 0 Å². The SMILES string of the molecule is CS(=O)(=O)c1ccc(CN2CCC3(CCN(C[C@H]4CN(CC5CCC(F)(F)CC5)C[C@@H]4c4ccccc4)CC3)C2=O)cc1. The largest absolute Gasteiger partial charge is 0.338 e. The van der Waals surface area contributed by atoms with Gasteiger partial charge in [0.05, 0.1) is 10.3 Å². The van der Waals surface area contributed by atoms with Gasteiger partial charge in [0, 0.05) is 64.3 Å². The van der Waals surface area contributed by atoms with E-state index in [1.54, 1.807) is 12.1 Å². The molecule has 0 aromatic heterocycles. The van der Waals surface area contributed by atoms with Crippen molar-refractivity contribution in [3.8, 4) is 0 Å². The molecular formula is C34H45F2N3O3S. The molecule has 1 aliphatic carbocycles. The van der Waals surface area contributed by atoms with Gasteiger partial charge in [0.15, 0.2) is 9.84 Å². The van der Waals surface area contributed by atoms with E-state index >= 15 is 0 Å². The molecule has 6 nitrogen and oxygen atoms in total. The van der Waals surface area contributed by atoms with E-state index in [1.807, 2.05) is 17.0 Å². The van der Waals surface area contributed by atoms with Gasteiger partial charge in [0.2, 0.25) is 11.8 Å². The van der Waals surface area contributed by atoms with Gasteiger partial charge >= 0.3 is 0 Å². The van der Waals surface area contributed by atoms with E-state index < -0.39 is 15.8 Å². The number of halogens is 2. The molecule has 4 fully saturated rings. The number of sulfone groups is 1. The third-order valence-corrected chi connectivity index (χ3v) is 11.9. The molecule has 1 amide bonds. The van der Waals surface area contributed by atoms with Crippen LogP contribution in [0.1, 0.15) is 62.0 Å². The number of nitrogens with zero attached hydrogens (tertiary/aromatic N) is 3. The van der Waals surface area contributed by atoms with Crippen LogP contribution in [0.25, 0.3) is 0 Å². The third kappa shape index (κ3) is 6.99. The molecule has 0 unspecified atom stereocenters. The molecule has 0 N–H and O–H groups in total. The Kier molecular flexibility index (Phi) is 8.70. The Morgan fingerprint density at radius 2 is 1.47 bits per heavy atom. The van der Waals surface area contributed by atoms with Gasteiger partial charge in [-0.2, -0.15) is 0 Å². The maximum atomic E-state index is 13.7. The van der Waals surface area contributed by atoms with E-state index in [2.05, 4.69) is 40.1 Å². The topological polar surface area (TPSA) is 60.9 Å². The van der Waals surface area contributed by atoms with E-state index in [9.17, 15) is 22.0 Å². The molecule has 1 saturated carbocycles. The summed E-state index contributed by atoms with van der Waals surface area (Å²) in [7, 11) is -3.24. The second-order valence-electron chi connectivity index (χ2n) is 13.8. The van der Waals surface area contributed by atoms with Crippen molar-refractivity contribution >= 4 is 15.7 Å². The highest BCUT2D eigenvalue weighted by atomic mass is 32.2. The van der Waals surface area contributed by atoms with Crippen LogP contribution in [0, 0.1) is 17.3 Å². The fourth-order valence-corrected chi connectivity index (χ4v) is 8.72. The van der Waals surface area contributed by atoms with E-state index in [4.69, 9.17) is 0 Å². The predicted molar refractivity (Wildman–Crippen MR) is 164 cm³/mol. The first-order valence-electron chi connectivity index (χ1n) is 16.0. The minimum atomic E-state index is -3.24. The van der Waals surface area contributed by atoms with E-state index in [0.29, 0.717) is 42.0 Å². The summed E-state index contributed by atoms with van der Waals surface area (Å²) in [5.41, 5.74) is 2.03. The molecule has 43 heavy (non-hydrogen) atoms. The standard InChI is InChI=1S/C34H45F2N3O3S/c1-43(41,42)30-9-7-26(8-10-30)22-39-20-17-33(32(39)40)15-18-37(19-16-33)23-29-24-38(21-27-11-13-34(35,36)14-12-27)25-31(29)28-5-3-2-4-6-28/h2-10,27,29,31H,11-25H2,1H3/t29-,31+/m0/s1. The number of rotatable bonds is 8. The molecule has 0 bridgehead atoms. The summed E-state index contributed by atoms with van der Waals surface area (Å²) in [6.07, 6.45) is 5.12. The first-order chi connectivity index (χ1) is 20.5. The van der Waals surface area contributed by atoms with Gasteiger partial charge in [-0.1, -0.05) is 42.5 Å². The van der Waals surface area contributed by atoms with Crippen molar-refractivity contribution in [2.75, 3.05) is 52.1 Å². The Morgan fingerprint density at radius 1 is 0.814 bits per heavy atom. The van der Waals surface area contributed by atoms with Crippen molar-refractivity contribution in [1.29, 1.82) is 0 Å². The van der Waals surface area contributed by atoms with Crippen molar-refractivity contribution in [3.05, 3.63) is 65.7 Å². The minimum absolute atomic E-state index is 0.0260. The zero-order valence-electron chi connectivity index (χ0n) is 25.3. The molecule has 1 spiro atoms. The van der Waals surface area contributed by atoms with Crippen molar-refractivity contribution in [2.45, 2.75) is 68.2 Å². The lowest BCUT2D eigenvalue weighted by Crippen LogP contribution is -2.46. The van der Waals surface area contributed by atoms with Gasteiger partial charge in [-0.3, -0.25) is 4.79 Å². The number of hydrogen-bond acceptors (Lipinski definition) is 5. The Labute approximate surface area is 255 Å². The maximum Gasteiger partial charge on any atom is 0.248 e. The molecule has 6 rings (SSSR count). The summed E-state index contributed by atoms with van der Waals surface area (Å²) in [4.78, 5) is 21.0. The normalized spacial score (nSPS) is 26.9. The average Bonchev–Trinajstić information content (AvgIpc) is 3.52. The molecule has 2 aromatic carbocycles. The minimum Gasteiger partial charge on any atom is -0.338 e. The quantitative estimate of drug-likeness (QED) is 0.397. The Bertz CT molecular complexity index is 1370. The van der Waals surface area contributed by atoms with E-state index in [-0.39, 0.29) is 24.2 Å². The fourth-order valence-electron chi connectivity index (χ4n) is 8.09. The second-order valence-corrected chi connectivity index (χ2v) is 15.8. The van der Waals surface area contributed by atoms with Crippen molar-refractivity contribution in [1.82, 2.24) is 14.7 Å². The van der Waals surface area contributed by atoms with E-state index in [0.717, 1.165) is 70.6 Å². The molecule has 3 aliphatic heterocycles. The zero-order chi connectivity index (χ0) is 30.2. The van der Waals surface area contributed by atoms with Crippen molar-refractivity contribution in [2.24, 2.45) is 17.3 Å². The summed E-state index contributed by atoms with van der Waals surface area (Å²) >= 11 is 0. The number of benzene rings is 2. The lowest BCUT2D eigenvalue weighted by molar-refractivity contribution is -0.139. The number of carbonyl (C=O) groups excluding carboxylic acids is 1. The molecular weight excluding hydrogens is 568 g/mol. The number of alkyl halides is 2. The summed E-state index contributed by atoms with van der Waals surface area (Å²) in [5, 5.41) is 0. The number of piperidine rings is 1. The summed E-state index contributed by atoms with van der Waals surface area (Å²) in [5.74, 6) is -0.969. The van der Waals surface area contributed by atoms with Crippen LogP contribution >= 0.6 is 0 Å². The Hall–Kier alpha value is -2.36. The molecule has 234 valence electrons. The van der Waals surface area contributed by atoms with Gasteiger partial charge in [0.1, 0.15) is 0 Å². The van der Waals surface area contributed by atoms with Gasteiger partial charge in [0.25, 0.3) is 0 Å². The Balaban J connectivity index is 1.04. The summed E-state index contributed by atoms with van der Waals surface area (Å²) in [6.45, 7) is 6.99. The van der Waals surface area contributed by atoms with Gasteiger partial charge in [-0.25, -0.2) is 17.2 Å². The lowest BCUT2D eigenvalue weighted by Gasteiger charge is -2.39. The molecule has 0 radical (unpaired) electrons. The molecule has 2 aromatic rings. The number of carbonyl (C=O) groups is 1. The highest BCUT2D eigenvalue weighted by Crippen LogP contribution is 2.43. The van der Waals surface area contributed by atoms with Gasteiger partial charge < -0.3 is 14.7 Å². The molecule has 4 aliphatic rings. The fraction of sp³-hybridized carbons (Fsp3) is 0.618. The number of amides is 1. The number of hydrogen-bond donors (Lipinski definition) is 0. The first-order valence-corrected chi connectivity index (χ1v) is 17.8.